The lowest BCUT2D eigenvalue weighted by Crippen LogP contribution is -2.50. The number of carboxylic acid groups (broad SMARTS) is 1. The maximum atomic E-state index is 11.8. The summed E-state index contributed by atoms with van der Waals surface area (Å²) in [7, 11) is 5.72. The van der Waals surface area contributed by atoms with Crippen LogP contribution in [0.4, 0.5) is 4.79 Å². The second-order valence-corrected chi connectivity index (χ2v) is 5.68. The molecule has 0 aromatic carbocycles. The van der Waals surface area contributed by atoms with E-state index < -0.39 is 11.4 Å². The van der Waals surface area contributed by atoms with E-state index in [1.165, 1.54) is 0 Å². The maximum absolute atomic E-state index is 11.8. The predicted octanol–water partition coefficient (Wildman–Crippen LogP) is 0.834. The first-order valence-corrected chi connectivity index (χ1v) is 6.74. The molecule has 0 spiro atoms. The summed E-state index contributed by atoms with van der Waals surface area (Å²) >= 11 is 0. The Morgan fingerprint density at radius 1 is 1.21 bits per heavy atom. The Labute approximate surface area is 114 Å². The zero-order chi connectivity index (χ0) is 14.5. The zero-order valence-electron chi connectivity index (χ0n) is 12.1. The van der Waals surface area contributed by atoms with Gasteiger partial charge in [-0.1, -0.05) is 6.42 Å². The summed E-state index contributed by atoms with van der Waals surface area (Å²) < 4.78 is 0. The summed E-state index contributed by atoms with van der Waals surface area (Å²) in [4.78, 5) is 26.7. The molecule has 2 N–H and O–H groups in total. The Balaban J connectivity index is 2.28. The summed E-state index contributed by atoms with van der Waals surface area (Å²) in [5.74, 6) is -0.797. The minimum Gasteiger partial charge on any atom is -0.481 e. The number of carboxylic acids is 1. The molecule has 6 nitrogen and oxygen atoms in total. The Hall–Kier alpha value is -1.30. The molecule has 1 rings (SSSR count). The van der Waals surface area contributed by atoms with Crippen LogP contribution in [0, 0.1) is 5.41 Å². The van der Waals surface area contributed by atoms with Gasteiger partial charge in [0.05, 0.1) is 5.41 Å². The monoisotopic (exact) mass is 271 g/mol. The van der Waals surface area contributed by atoms with Gasteiger partial charge in [0.25, 0.3) is 0 Å². The van der Waals surface area contributed by atoms with Crippen LogP contribution < -0.4 is 5.32 Å². The van der Waals surface area contributed by atoms with Crippen molar-refractivity contribution in [3.63, 3.8) is 0 Å². The van der Waals surface area contributed by atoms with Crippen molar-refractivity contribution in [1.82, 2.24) is 15.1 Å². The average Bonchev–Trinajstić information content (AvgIpc) is 2.25. The van der Waals surface area contributed by atoms with E-state index in [9.17, 15) is 9.59 Å². The molecule has 0 aliphatic heterocycles. The zero-order valence-corrected chi connectivity index (χ0v) is 12.1. The molecule has 1 saturated carbocycles. The first kappa shape index (κ1) is 15.8. The van der Waals surface area contributed by atoms with E-state index in [0.717, 1.165) is 19.4 Å². The Bertz CT molecular complexity index is 327. The number of nitrogens with zero attached hydrogens (tertiary/aromatic N) is 2. The van der Waals surface area contributed by atoms with E-state index >= 15 is 0 Å². The number of nitrogens with one attached hydrogen (secondary N) is 1. The van der Waals surface area contributed by atoms with Crippen LogP contribution in [0.5, 0.6) is 0 Å². The van der Waals surface area contributed by atoms with Crippen molar-refractivity contribution in [2.75, 3.05) is 40.8 Å². The van der Waals surface area contributed by atoms with E-state index in [1.54, 1.807) is 11.9 Å². The SMILES string of the molecule is CN(C)CCCN(C)C(=O)NCC1(C(=O)O)CCC1. The predicted molar refractivity (Wildman–Crippen MR) is 73.1 cm³/mol. The molecule has 110 valence electrons. The Morgan fingerprint density at radius 3 is 2.26 bits per heavy atom. The highest BCUT2D eigenvalue weighted by Gasteiger charge is 2.44. The summed E-state index contributed by atoms with van der Waals surface area (Å²) in [6.45, 7) is 1.83. The number of carbonyl (C=O) groups excluding carboxylic acids is 1. The molecule has 1 fully saturated rings. The summed E-state index contributed by atoms with van der Waals surface area (Å²) in [5.41, 5.74) is -0.722. The van der Waals surface area contributed by atoms with Crippen LogP contribution in [0.15, 0.2) is 0 Å². The van der Waals surface area contributed by atoms with Crippen molar-refractivity contribution in [2.45, 2.75) is 25.7 Å². The van der Waals surface area contributed by atoms with Gasteiger partial charge in [-0.3, -0.25) is 4.79 Å². The van der Waals surface area contributed by atoms with Gasteiger partial charge in [-0.2, -0.15) is 0 Å². The Morgan fingerprint density at radius 2 is 1.84 bits per heavy atom. The topological polar surface area (TPSA) is 72.9 Å². The summed E-state index contributed by atoms with van der Waals surface area (Å²) in [6, 6.07) is -0.189. The van der Waals surface area contributed by atoms with E-state index in [0.29, 0.717) is 19.4 Å². The van der Waals surface area contributed by atoms with Crippen molar-refractivity contribution in [2.24, 2.45) is 5.41 Å². The fourth-order valence-corrected chi connectivity index (χ4v) is 2.18. The van der Waals surface area contributed by atoms with Gasteiger partial charge in [0, 0.05) is 20.1 Å². The van der Waals surface area contributed by atoms with Gasteiger partial charge in [-0.05, 0) is 39.9 Å². The summed E-state index contributed by atoms with van der Waals surface area (Å²) in [5, 5.41) is 11.9. The molecule has 0 aromatic heterocycles. The molecule has 1 aliphatic rings. The lowest BCUT2D eigenvalue weighted by molar-refractivity contribution is -0.153. The second-order valence-electron chi connectivity index (χ2n) is 5.68. The molecule has 6 heteroatoms. The molecule has 0 unspecified atom stereocenters. The lowest BCUT2D eigenvalue weighted by Gasteiger charge is -2.37. The molecule has 0 radical (unpaired) electrons. The molecular formula is C13H25N3O3. The van der Waals surface area contributed by atoms with Crippen LogP contribution in [0.25, 0.3) is 0 Å². The normalized spacial score (nSPS) is 16.8. The number of urea groups is 1. The highest BCUT2D eigenvalue weighted by atomic mass is 16.4. The standard InChI is InChI=1S/C13H25N3O3/c1-15(2)8-5-9-16(3)12(19)14-10-13(11(17)18)6-4-7-13/h4-10H2,1-3H3,(H,14,19)(H,17,18). The van der Waals surface area contributed by atoms with Crippen molar-refractivity contribution in [3.05, 3.63) is 0 Å². The molecule has 0 bridgehead atoms. The van der Waals surface area contributed by atoms with Gasteiger partial charge in [0.2, 0.25) is 0 Å². The molecule has 1 aliphatic carbocycles. The van der Waals surface area contributed by atoms with Crippen LogP contribution in [-0.2, 0) is 4.79 Å². The molecule has 2 amide bonds. The molecule has 0 saturated heterocycles. The first-order chi connectivity index (χ1) is 8.87. The van der Waals surface area contributed by atoms with Gasteiger partial charge in [-0.25, -0.2) is 4.79 Å². The number of hydrogen-bond acceptors (Lipinski definition) is 3. The van der Waals surface area contributed by atoms with Gasteiger partial charge < -0.3 is 20.2 Å². The largest absolute Gasteiger partial charge is 0.481 e. The van der Waals surface area contributed by atoms with E-state index in [2.05, 4.69) is 10.2 Å². The van der Waals surface area contributed by atoms with Gasteiger partial charge in [-0.15, -0.1) is 0 Å². The van der Waals surface area contributed by atoms with Crippen LogP contribution in [0.1, 0.15) is 25.7 Å². The van der Waals surface area contributed by atoms with Crippen LogP contribution >= 0.6 is 0 Å². The minimum absolute atomic E-state index is 0.189. The van der Waals surface area contributed by atoms with Crippen LogP contribution in [0.2, 0.25) is 0 Å². The fourth-order valence-electron chi connectivity index (χ4n) is 2.18. The van der Waals surface area contributed by atoms with Crippen molar-refractivity contribution < 1.29 is 14.7 Å². The van der Waals surface area contributed by atoms with E-state index in [4.69, 9.17) is 5.11 Å². The summed E-state index contributed by atoms with van der Waals surface area (Å²) in [6.07, 6.45) is 3.15. The average molecular weight is 271 g/mol. The molecule has 0 aromatic rings. The van der Waals surface area contributed by atoms with Crippen molar-refractivity contribution in [3.8, 4) is 0 Å². The van der Waals surface area contributed by atoms with Crippen molar-refractivity contribution in [1.29, 1.82) is 0 Å². The molecule has 19 heavy (non-hydrogen) atoms. The highest BCUT2D eigenvalue weighted by Crippen LogP contribution is 2.40. The van der Waals surface area contributed by atoms with Gasteiger partial charge in [0.15, 0.2) is 0 Å². The smallest absolute Gasteiger partial charge is 0.317 e. The Kier molecular flexibility index (Phi) is 5.60. The third-order valence-corrected chi connectivity index (χ3v) is 3.79. The molecular weight excluding hydrogens is 246 g/mol. The second kappa shape index (κ2) is 6.75. The number of hydrogen-bond donors (Lipinski definition) is 2. The van der Waals surface area contributed by atoms with Gasteiger partial charge >= 0.3 is 12.0 Å². The number of aliphatic carboxylic acids is 1. The van der Waals surface area contributed by atoms with Crippen LogP contribution in [0.3, 0.4) is 0 Å². The fraction of sp³-hybridized carbons (Fsp3) is 0.846. The third kappa shape index (κ3) is 4.38. The first-order valence-electron chi connectivity index (χ1n) is 6.74. The number of amides is 2. The lowest BCUT2D eigenvalue weighted by atomic mass is 9.69. The number of carbonyl (C=O) groups is 2. The van der Waals surface area contributed by atoms with E-state index in [1.807, 2.05) is 14.1 Å². The van der Waals surface area contributed by atoms with E-state index in [-0.39, 0.29) is 12.6 Å². The molecule has 0 atom stereocenters. The maximum Gasteiger partial charge on any atom is 0.317 e. The molecule has 0 heterocycles. The minimum atomic E-state index is -0.797. The number of rotatable bonds is 7. The van der Waals surface area contributed by atoms with Crippen LogP contribution in [-0.4, -0.2) is 67.7 Å². The highest BCUT2D eigenvalue weighted by molar-refractivity contribution is 5.78. The van der Waals surface area contributed by atoms with Crippen molar-refractivity contribution >= 4 is 12.0 Å². The third-order valence-electron chi connectivity index (χ3n) is 3.79. The van der Waals surface area contributed by atoms with Gasteiger partial charge in [0.1, 0.15) is 0 Å². The quantitative estimate of drug-likeness (QED) is 0.719.